The van der Waals surface area contributed by atoms with Crippen LogP contribution in [0.15, 0.2) is 36.4 Å². The van der Waals surface area contributed by atoms with Gasteiger partial charge in [-0.25, -0.2) is 4.90 Å². The number of fused-ring (bicyclic) bond motifs is 1. The maximum atomic E-state index is 13.3. The summed E-state index contributed by atoms with van der Waals surface area (Å²) in [5.74, 6) is -1.43. The molecule has 0 saturated carbocycles. The number of anilines is 1. The van der Waals surface area contributed by atoms with Crippen LogP contribution >= 0.6 is 0 Å². The van der Waals surface area contributed by atoms with E-state index in [1.807, 2.05) is 45.9 Å². The molecule has 0 atom stereocenters. The summed E-state index contributed by atoms with van der Waals surface area (Å²) in [4.78, 5) is 40.1. The van der Waals surface area contributed by atoms with Gasteiger partial charge in [0.2, 0.25) is 0 Å². The lowest BCUT2D eigenvalue weighted by atomic mass is 9.84. The zero-order valence-corrected chi connectivity index (χ0v) is 16.5. The second-order valence-electron chi connectivity index (χ2n) is 7.87. The molecule has 2 aromatic rings. The minimum atomic E-state index is -0.505. The first-order valence-electron chi connectivity index (χ1n) is 9.19. The molecule has 0 bridgehead atoms. The monoisotopic (exact) mass is 380 g/mol. The summed E-state index contributed by atoms with van der Waals surface area (Å²) >= 11 is 0. The van der Waals surface area contributed by atoms with Gasteiger partial charge in [0, 0.05) is 6.54 Å². The highest BCUT2D eigenvalue weighted by Crippen LogP contribution is 2.39. The molecular weight excluding hydrogens is 356 g/mol. The molecule has 2 aromatic carbocycles. The van der Waals surface area contributed by atoms with Gasteiger partial charge in [-0.1, -0.05) is 45.0 Å². The zero-order chi connectivity index (χ0) is 20.6. The van der Waals surface area contributed by atoms with Gasteiger partial charge in [0.1, 0.15) is 0 Å². The number of para-hydroxylation sites is 1. The number of rotatable bonds is 4. The van der Waals surface area contributed by atoms with Crippen LogP contribution in [0, 0.1) is 6.92 Å². The zero-order valence-electron chi connectivity index (χ0n) is 16.5. The van der Waals surface area contributed by atoms with Gasteiger partial charge in [-0.15, -0.1) is 0 Å². The Morgan fingerprint density at radius 1 is 1.07 bits per heavy atom. The third-order valence-corrected chi connectivity index (χ3v) is 4.83. The van der Waals surface area contributed by atoms with E-state index in [2.05, 4.69) is 5.32 Å². The number of amides is 3. The molecule has 0 radical (unpaired) electrons. The van der Waals surface area contributed by atoms with Crippen molar-refractivity contribution in [2.45, 2.75) is 33.1 Å². The maximum Gasteiger partial charge on any atom is 0.266 e. The van der Waals surface area contributed by atoms with Crippen molar-refractivity contribution in [2.24, 2.45) is 0 Å². The number of aliphatic hydroxyl groups excluding tert-OH is 1. The van der Waals surface area contributed by atoms with E-state index in [1.54, 1.807) is 12.1 Å². The van der Waals surface area contributed by atoms with Crippen LogP contribution in [0.3, 0.4) is 0 Å². The van der Waals surface area contributed by atoms with Crippen LogP contribution < -0.4 is 10.2 Å². The molecule has 0 fully saturated rings. The predicted octanol–water partition coefficient (Wildman–Crippen LogP) is 2.82. The van der Waals surface area contributed by atoms with Crippen molar-refractivity contribution in [1.29, 1.82) is 0 Å². The molecule has 0 aliphatic carbocycles. The lowest BCUT2D eigenvalue weighted by Gasteiger charge is -2.28. The Bertz CT molecular complexity index is 973. The van der Waals surface area contributed by atoms with E-state index in [-0.39, 0.29) is 35.3 Å². The molecule has 0 unspecified atom stereocenters. The average Bonchev–Trinajstić information content (AvgIpc) is 2.90. The fraction of sp³-hybridized carbons (Fsp3) is 0.318. The summed E-state index contributed by atoms with van der Waals surface area (Å²) in [5.41, 5.74) is 2.44. The maximum absolute atomic E-state index is 13.3. The predicted molar refractivity (Wildman–Crippen MR) is 107 cm³/mol. The molecule has 6 nitrogen and oxygen atoms in total. The number of nitrogens with one attached hydrogen (secondary N) is 1. The molecule has 1 heterocycles. The van der Waals surface area contributed by atoms with Gasteiger partial charge >= 0.3 is 0 Å². The van der Waals surface area contributed by atoms with Crippen LogP contribution in [0.1, 0.15) is 63.0 Å². The van der Waals surface area contributed by atoms with Crippen molar-refractivity contribution in [3.8, 4) is 0 Å². The summed E-state index contributed by atoms with van der Waals surface area (Å²) in [5, 5.41) is 11.5. The van der Waals surface area contributed by atoms with Crippen molar-refractivity contribution in [3.05, 3.63) is 64.2 Å². The quantitative estimate of drug-likeness (QED) is 0.799. The summed E-state index contributed by atoms with van der Waals surface area (Å²) in [6.07, 6.45) is 0. The van der Waals surface area contributed by atoms with E-state index in [1.165, 1.54) is 11.0 Å². The van der Waals surface area contributed by atoms with Crippen molar-refractivity contribution in [2.75, 3.05) is 18.1 Å². The third kappa shape index (κ3) is 3.20. The first kappa shape index (κ1) is 19.8. The molecule has 1 aliphatic heterocycles. The van der Waals surface area contributed by atoms with Crippen molar-refractivity contribution < 1.29 is 19.5 Å². The van der Waals surface area contributed by atoms with E-state index in [0.29, 0.717) is 5.69 Å². The normalized spacial score (nSPS) is 13.7. The molecule has 0 aromatic heterocycles. The van der Waals surface area contributed by atoms with Gasteiger partial charge in [0.05, 0.1) is 29.0 Å². The van der Waals surface area contributed by atoms with Gasteiger partial charge in [0.25, 0.3) is 17.7 Å². The van der Waals surface area contributed by atoms with E-state index in [9.17, 15) is 14.4 Å². The first-order valence-corrected chi connectivity index (χ1v) is 9.19. The molecule has 1 aliphatic rings. The Morgan fingerprint density at radius 2 is 1.75 bits per heavy atom. The Hall–Kier alpha value is -2.99. The Balaban J connectivity index is 2.15. The fourth-order valence-corrected chi connectivity index (χ4v) is 3.50. The van der Waals surface area contributed by atoms with Crippen molar-refractivity contribution in [3.63, 3.8) is 0 Å². The summed E-state index contributed by atoms with van der Waals surface area (Å²) in [6.45, 7) is 7.80. The topological polar surface area (TPSA) is 86.7 Å². The number of hydrogen-bond acceptors (Lipinski definition) is 4. The lowest BCUT2D eigenvalue weighted by Crippen LogP contribution is -2.33. The van der Waals surface area contributed by atoms with E-state index in [4.69, 9.17) is 5.11 Å². The second kappa shape index (κ2) is 7.20. The fourth-order valence-electron chi connectivity index (χ4n) is 3.50. The van der Waals surface area contributed by atoms with Gasteiger partial charge in [-0.3, -0.25) is 14.4 Å². The van der Waals surface area contributed by atoms with Gasteiger partial charge in [-0.2, -0.15) is 0 Å². The number of aryl methyl sites for hydroxylation is 1. The SMILES string of the molecule is Cc1cccc(C(C)(C)C)c1N1C(=O)c2cccc(C(=O)NCCO)c2C1=O. The smallest absolute Gasteiger partial charge is 0.266 e. The number of carbonyl (C=O) groups is 3. The van der Waals surface area contributed by atoms with Crippen molar-refractivity contribution in [1.82, 2.24) is 5.32 Å². The molecule has 0 spiro atoms. The van der Waals surface area contributed by atoms with Gasteiger partial charge < -0.3 is 10.4 Å². The minimum Gasteiger partial charge on any atom is -0.395 e. The van der Waals surface area contributed by atoms with Gasteiger partial charge in [0.15, 0.2) is 0 Å². The Kier molecular flexibility index (Phi) is 5.08. The van der Waals surface area contributed by atoms with Crippen molar-refractivity contribution >= 4 is 23.4 Å². The standard InChI is InChI=1S/C22H24N2O4/c1-13-7-5-10-16(22(2,3)4)18(13)24-20(27)15-9-6-8-14(17(15)21(24)28)19(26)23-11-12-25/h5-10,25H,11-12H2,1-4H3,(H,23,26). The minimum absolute atomic E-state index is 0.0698. The number of benzene rings is 2. The van der Waals surface area contributed by atoms with Crippen LogP contribution in [0.25, 0.3) is 0 Å². The van der Waals surface area contributed by atoms with E-state index in [0.717, 1.165) is 11.1 Å². The van der Waals surface area contributed by atoms with Crippen LogP contribution in [-0.4, -0.2) is 36.0 Å². The molecular formula is C22H24N2O4. The Morgan fingerprint density at radius 3 is 2.39 bits per heavy atom. The summed E-state index contributed by atoms with van der Waals surface area (Å²) < 4.78 is 0. The number of carbonyl (C=O) groups excluding carboxylic acids is 3. The molecule has 2 N–H and O–H groups in total. The molecule has 146 valence electrons. The summed E-state index contributed by atoms with van der Waals surface area (Å²) in [7, 11) is 0. The largest absolute Gasteiger partial charge is 0.395 e. The molecule has 0 saturated heterocycles. The second-order valence-corrected chi connectivity index (χ2v) is 7.87. The van der Waals surface area contributed by atoms with Crippen LogP contribution in [0.4, 0.5) is 5.69 Å². The number of imide groups is 1. The Labute approximate surface area is 164 Å². The number of nitrogens with zero attached hydrogens (tertiary/aromatic N) is 1. The highest BCUT2D eigenvalue weighted by molar-refractivity contribution is 6.36. The molecule has 28 heavy (non-hydrogen) atoms. The highest BCUT2D eigenvalue weighted by atomic mass is 16.3. The third-order valence-electron chi connectivity index (χ3n) is 4.83. The summed E-state index contributed by atoms with van der Waals surface area (Å²) in [6, 6.07) is 10.4. The van der Waals surface area contributed by atoms with Crippen LogP contribution in [-0.2, 0) is 5.41 Å². The number of aliphatic hydroxyl groups is 1. The first-order chi connectivity index (χ1) is 13.2. The number of hydrogen-bond donors (Lipinski definition) is 2. The molecule has 3 rings (SSSR count). The van der Waals surface area contributed by atoms with Crippen LogP contribution in [0.2, 0.25) is 0 Å². The van der Waals surface area contributed by atoms with Crippen LogP contribution in [0.5, 0.6) is 0 Å². The van der Waals surface area contributed by atoms with E-state index < -0.39 is 17.7 Å². The molecule has 3 amide bonds. The molecule has 6 heteroatoms. The lowest BCUT2D eigenvalue weighted by molar-refractivity contribution is 0.0908. The highest BCUT2D eigenvalue weighted by Gasteiger charge is 2.41. The average molecular weight is 380 g/mol. The van der Waals surface area contributed by atoms with Gasteiger partial charge in [-0.05, 0) is 35.6 Å². The van der Waals surface area contributed by atoms with E-state index >= 15 is 0 Å².